The fourth-order valence-electron chi connectivity index (χ4n) is 2.82. The number of carbonyl (C=O) groups excluding carboxylic acids is 2. The molecule has 2 amide bonds. The Labute approximate surface area is 176 Å². The van der Waals surface area contributed by atoms with Crippen LogP contribution in [0.4, 0.5) is 5.69 Å². The van der Waals surface area contributed by atoms with Crippen molar-refractivity contribution in [3.05, 3.63) is 102 Å². The summed E-state index contributed by atoms with van der Waals surface area (Å²) in [5.41, 5.74) is 2.96. The van der Waals surface area contributed by atoms with Crippen molar-refractivity contribution in [1.82, 2.24) is 5.32 Å². The molecule has 3 rings (SSSR count). The van der Waals surface area contributed by atoms with Gasteiger partial charge in [0.25, 0.3) is 5.91 Å². The number of amides is 2. The molecule has 2 N–H and O–H groups in total. The van der Waals surface area contributed by atoms with Gasteiger partial charge in [0.05, 0.1) is 6.61 Å². The minimum atomic E-state index is -0.272. The minimum Gasteiger partial charge on any atom is -0.494 e. The van der Waals surface area contributed by atoms with Crippen molar-refractivity contribution in [1.29, 1.82) is 0 Å². The lowest BCUT2D eigenvalue weighted by molar-refractivity contribution is -0.111. The van der Waals surface area contributed by atoms with Crippen LogP contribution in [-0.2, 0) is 11.3 Å². The smallest absolute Gasteiger partial charge is 0.251 e. The van der Waals surface area contributed by atoms with Gasteiger partial charge in [-0.3, -0.25) is 9.59 Å². The number of ether oxygens (including phenoxy) is 1. The van der Waals surface area contributed by atoms with E-state index in [9.17, 15) is 9.59 Å². The second-order valence-electron chi connectivity index (χ2n) is 6.57. The maximum Gasteiger partial charge on any atom is 0.251 e. The van der Waals surface area contributed by atoms with Gasteiger partial charge in [0.1, 0.15) is 5.75 Å². The summed E-state index contributed by atoms with van der Waals surface area (Å²) < 4.78 is 5.40. The van der Waals surface area contributed by atoms with Gasteiger partial charge in [-0.25, -0.2) is 0 Å². The minimum absolute atomic E-state index is 0.195. The van der Waals surface area contributed by atoms with E-state index in [0.717, 1.165) is 16.9 Å². The molecular weight excluding hydrogens is 376 g/mol. The van der Waals surface area contributed by atoms with E-state index in [2.05, 4.69) is 10.6 Å². The molecule has 0 bridgehead atoms. The lowest BCUT2D eigenvalue weighted by Gasteiger charge is -2.08. The van der Waals surface area contributed by atoms with Crippen molar-refractivity contribution in [3.8, 4) is 5.75 Å². The van der Waals surface area contributed by atoms with E-state index < -0.39 is 0 Å². The highest BCUT2D eigenvalue weighted by molar-refractivity contribution is 6.03. The Morgan fingerprint density at radius 3 is 2.43 bits per heavy atom. The average molecular weight is 400 g/mol. The molecule has 0 aromatic heterocycles. The van der Waals surface area contributed by atoms with E-state index in [-0.39, 0.29) is 11.8 Å². The summed E-state index contributed by atoms with van der Waals surface area (Å²) in [6, 6.07) is 24.0. The summed E-state index contributed by atoms with van der Waals surface area (Å²) in [7, 11) is 0. The predicted octanol–water partition coefficient (Wildman–Crippen LogP) is 4.67. The van der Waals surface area contributed by atoms with Crippen molar-refractivity contribution in [2.45, 2.75) is 13.5 Å². The lowest BCUT2D eigenvalue weighted by atomic mass is 10.1. The van der Waals surface area contributed by atoms with Gasteiger partial charge in [0.2, 0.25) is 5.91 Å². The first-order chi connectivity index (χ1) is 14.6. The van der Waals surface area contributed by atoms with Gasteiger partial charge in [-0.2, -0.15) is 0 Å². The zero-order valence-corrected chi connectivity index (χ0v) is 16.8. The van der Waals surface area contributed by atoms with E-state index in [1.54, 1.807) is 30.3 Å². The Morgan fingerprint density at radius 1 is 0.933 bits per heavy atom. The number of nitrogens with one attached hydrogen (secondary N) is 2. The molecule has 0 saturated heterocycles. The van der Waals surface area contributed by atoms with Crippen LogP contribution in [0.2, 0.25) is 0 Å². The standard InChI is InChI=1S/C25H24N2O3/c1-2-30-23-14-11-19(12-15-23)13-16-24(28)27-22-10-6-9-21(17-22)25(29)26-18-20-7-4-3-5-8-20/h3-17H,2,18H2,1H3,(H,26,29)(H,27,28)/b16-13+. The Kier molecular flexibility index (Phi) is 7.39. The lowest BCUT2D eigenvalue weighted by Crippen LogP contribution is -2.22. The molecule has 0 aliphatic rings. The number of carbonyl (C=O) groups is 2. The largest absolute Gasteiger partial charge is 0.494 e. The van der Waals surface area contributed by atoms with Crippen molar-refractivity contribution < 1.29 is 14.3 Å². The summed E-state index contributed by atoms with van der Waals surface area (Å²) in [6.45, 7) is 2.99. The molecule has 0 saturated carbocycles. The highest BCUT2D eigenvalue weighted by atomic mass is 16.5. The summed E-state index contributed by atoms with van der Waals surface area (Å²) >= 11 is 0. The van der Waals surface area contributed by atoms with Gasteiger partial charge in [-0.05, 0) is 54.5 Å². The van der Waals surface area contributed by atoms with Gasteiger partial charge in [-0.1, -0.05) is 48.5 Å². The normalized spacial score (nSPS) is 10.6. The molecule has 3 aromatic rings. The van der Waals surface area contributed by atoms with Crippen LogP contribution < -0.4 is 15.4 Å². The molecule has 0 atom stereocenters. The highest BCUT2D eigenvalue weighted by Crippen LogP contribution is 2.14. The molecule has 0 spiro atoms. The number of anilines is 1. The Morgan fingerprint density at radius 2 is 1.70 bits per heavy atom. The molecule has 3 aromatic carbocycles. The maximum absolute atomic E-state index is 12.4. The monoisotopic (exact) mass is 400 g/mol. The second kappa shape index (κ2) is 10.6. The molecule has 0 heterocycles. The van der Waals surface area contributed by atoms with Crippen LogP contribution in [0.5, 0.6) is 5.75 Å². The summed E-state index contributed by atoms with van der Waals surface area (Å²) in [4.78, 5) is 24.6. The molecule has 152 valence electrons. The summed E-state index contributed by atoms with van der Waals surface area (Å²) in [5.74, 6) is 0.326. The van der Waals surface area contributed by atoms with Gasteiger partial charge in [-0.15, -0.1) is 0 Å². The topological polar surface area (TPSA) is 67.4 Å². The average Bonchev–Trinajstić information content (AvgIpc) is 2.78. The first-order valence-electron chi connectivity index (χ1n) is 9.78. The molecule has 30 heavy (non-hydrogen) atoms. The van der Waals surface area contributed by atoms with Crippen LogP contribution in [0.1, 0.15) is 28.4 Å². The zero-order valence-electron chi connectivity index (χ0n) is 16.8. The fourth-order valence-corrected chi connectivity index (χ4v) is 2.82. The molecule has 0 aliphatic heterocycles. The Bertz CT molecular complexity index is 1010. The second-order valence-corrected chi connectivity index (χ2v) is 6.57. The molecule has 5 heteroatoms. The molecule has 0 radical (unpaired) electrons. The number of rotatable bonds is 8. The van der Waals surface area contributed by atoms with Crippen molar-refractivity contribution in [2.75, 3.05) is 11.9 Å². The highest BCUT2D eigenvalue weighted by Gasteiger charge is 2.07. The van der Waals surface area contributed by atoms with Crippen LogP contribution in [0, 0.1) is 0 Å². The van der Waals surface area contributed by atoms with Crippen LogP contribution in [0.15, 0.2) is 84.9 Å². The van der Waals surface area contributed by atoms with Gasteiger partial charge >= 0.3 is 0 Å². The number of hydrogen-bond donors (Lipinski definition) is 2. The van der Waals surface area contributed by atoms with Crippen LogP contribution >= 0.6 is 0 Å². The van der Waals surface area contributed by atoms with Crippen molar-refractivity contribution >= 4 is 23.6 Å². The predicted molar refractivity (Wildman–Crippen MR) is 119 cm³/mol. The molecule has 0 unspecified atom stereocenters. The van der Waals surface area contributed by atoms with Crippen LogP contribution in [-0.4, -0.2) is 18.4 Å². The molecule has 0 fully saturated rings. The maximum atomic E-state index is 12.4. The number of benzene rings is 3. The van der Waals surface area contributed by atoms with E-state index >= 15 is 0 Å². The van der Waals surface area contributed by atoms with E-state index in [0.29, 0.717) is 24.4 Å². The van der Waals surface area contributed by atoms with Crippen molar-refractivity contribution in [2.24, 2.45) is 0 Å². The van der Waals surface area contributed by atoms with Gasteiger partial charge < -0.3 is 15.4 Å². The zero-order chi connectivity index (χ0) is 21.2. The molecular formula is C25H24N2O3. The van der Waals surface area contributed by atoms with E-state index in [4.69, 9.17) is 4.74 Å². The molecule has 0 aliphatic carbocycles. The quantitative estimate of drug-likeness (QED) is 0.540. The SMILES string of the molecule is CCOc1ccc(/C=C/C(=O)Nc2cccc(C(=O)NCc3ccccc3)c2)cc1. The first-order valence-corrected chi connectivity index (χ1v) is 9.78. The van der Waals surface area contributed by atoms with E-state index in [1.807, 2.05) is 61.5 Å². The Balaban J connectivity index is 1.56. The Hall–Kier alpha value is -3.86. The van der Waals surface area contributed by atoms with Gasteiger partial charge in [0, 0.05) is 23.9 Å². The summed E-state index contributed by atoms with van der Waals surface area (Å²) in [5, 5.41) is 5.66. The third-order valence-corrected chi connectivity index (χ3v) is 4.31. The van der Waals surface area contributed by atoms with Crippen molar-refractivity contribution in [3.63, 3.8) is 0 Å². The van der Waals surface area contributed by atoms with Crippen LogP contribution in [0.25, 0.3) is 6.08 Å². The summed E-state index contributed by atoms with van der Waals surface area (Å²) in [6.07, 6.45) is 3.18. The molecule has 5 nitrogen and oxygen atoms in total. The fraction of sp³-hybridized carbons (Fsp3) is 0.120. The van der Waals surface area contributed by atoms with E-state index in [1.165, 1.54) is 6.08 Å². The number of hydrogen-bond acceptors (Lipinski definition) is 3. The van der Waals surface area contributed by atoms with Gasteiger partial charge in [0.15, 0.2) is 0 Å². The van der Waals surface area contributed by atoms with Crippen LogP contribution in [0.3, 0.4) is 0 Å². The third kappa shape index (κ3) is 6.34. The first kappa shape index (κ1) is 20.9. The third-order valence-electron chi connectivity index (χ3n) is 4.31.